The molecular weight excluding hydrogens is 268 g/mol. The van der Waals surface area contributed by atoms with Crippen molar-refractivity contribution in [1.82, 2.24) is 10.2 Å². The van der Waals surface area contributed by atoms with Crippen LogP contribution in [0.3, 0.4) is 0 Å². The molecule has 1 saturated heterocycles. The first-order valence-corrected chi connectivity index (χ1v) is 7.32. The van der Waals surface area contributed by atoms with E-state index in [1.54, 1.807) is 18.9 Å². The molecule has 2 amide bonds. The normalized spacial score (nSPS) is 32.6. The highest BCUT2D eigenvalue weighted by Gasteiger charge is 2.46. The first-order valence-electron chi connectivity index (χ1n) is 7.32. The highest BCUT2D eigenvalue weighted by Crippen LogP contribution is 2.33. The van der Waals surface area contributed by atoms with Crippen LogP contribution in [0, 0.1) is 0 Å². The van der Waals surface area contributed by atoms with Gasteiger partial charge in [-0.05, 0) is 25.3 Å². The summed E-state index contributed by atoms with van der Waals surface area (Å²) < 4.78 is 5.28. The second-order valence-corrected chi connectivity index (χ2v) is 5.76. The monoisotopic (exact) mass is 288 g/mol. The van der Waals surface area contributed by atoms with Gasteiger partial charge < -0.3 is 15.0 Å². The zero-order valence-corrected chi connectivity index (χ0v) is 12.3. The number of hydrogen-bond donors (Lipinski definition) is 1. The molecule has 0 aromatic heterocycles. The molecule has 0 spiro atoms. The van der Waals surface area contributed by atoms with E-state index in [9.17, 15) is 9.59 Å². The standard InChI is InChI=1S/C16H20N2O3/c1-10-15(19)17-14(11-6-4-3-5-7-11)16(20)18(10)12-8-13(9-12)21-2/h3-7,10,12-14H,8-9H2,1-2H3,(H,17,19). The molecule has 1 heterocycles. The fraction of sp³-hybridized carbons (Fsp3) is 0.500. The number of methoxy groups -OCH3 is 1. The molecule has 5 heteroatoms. The topological polar surface area (TPSA) is 58.6 Å². The fourth-order valence-corrected chi connectivity index (χ4v) is 3.12. The van der Waals surface area contributed by atoms with E-state index >= 15 is 0 Å². The summed E-state index contributed by atoms with van der Waals surface area (Å²) in [4.78, 5) is 26.7. The van der Waals surface area contributed by atoms with Gasteiger partial charge in [-0.1, -0.05) is 30.3 Å². The average molecular weight is 288 g/mol. The van der Waals surface area contributed by atoms with Crippen LogP contribution in [0.2, 0.25) is 0 Å². The van der Waals surface area contributed by atoms with Gasteiger partial charge in [0, 0.05) is 13.2 Å². The Balaban J connectivity index is 1.82. The summed E-state index contributed by atoms with van der Waals surface area (Å²) in [6.45, 7) is 1.79. The molecule has 0 bridgehead atoms. The second-order valence-electron chi connectivity index (χ2n) is 5.76. The van der Waals surface area contributed by atoms with Gasteiger partial charge >= 0.3 is 0 Å². The van der Waals surface area contributed by atoms with Crippen LogP contribution in [0.1, 0.15) is 31.4 Å². The number of amides is 2. The van der Waals surface area contributed by atoms with Crippen LogP contribution < -0.4 is 5.32 Å². The van der Waals surface area contributed by atoms with Gasteiger partial charge in [-0.15, -0.1) is 0 Å². The largest absolute Gasteiger partial charge is 0.381 e. The zero-order chi connectivity index (χ0) is 15.0. The van der Waals surface area contributed by atoms with E-state index in [0.29, 0.717) is 0 Å². The molecule has 3 rings (SSSR count). The van der Waals surface area contributed by atoms with Crippen LogP contribution in [0.15, 0.2) is 30.3 Å². The third-order valence-electron chi connectivity index (χ3n) is 4.51. The van der Waals surface area contributed by atoms with E-state index in [2.05, 4.69) is 5.32 Å². The Morgan fingerprint density at radius 1 is 1.19 bits per heavy atom. The number of hydrogen-bond acceptors (Lipinski definition) is 3. The molecule has 1 saturated carbocycles. The SMILES string of the molecule is COC1CC(N2C(=O)C(c3ccccc3)NC(=O)C2C)C1. The summed E-state index contributed by atoms with van der Waals surface area (Å²) in [6.07, 6.45) is 1.82. The molecule has 1 aliphatic carbocycles. The van der Waals surface area contributed by atoms with Gasteiger partial charge in [-0.25, -0.2) is 0 Å². The number of carbonyl (C=O) groups excluding carboxylic acids is 2. The molecule has 1 aromatic carbocycles. The molecule has 2 fully saturated rings. The number of nitrogens with one attached hydrogen (secondary N) is 1. The van der Waals surface area contributed by atoms with E-state index in [1.807, 2.05) is 30.3 Å². The second kappa shape index (κ2) is 5.48. The summed E-state index contributed by atoms with van der Waals surface area (Å²) >= 11 is 0. The van der Waals surface area contributed by atoms with Crippen molar-refractivity contribution in [2.45, 2.75) is 44.0 Å². The summed E-state index contributed by atoms with van der Waals surface area (Å²) in [7, 11) is 1.68. The molecule has 1 aromatic rings. The van der Waals surface area contributed by atoms with Crippen molar-refractivity contribution in [3.63, 3.8) is 0 Å². The van der Waals surface area contributed by atoms with Crippen molar-refractivity contribution in [2.24, 2.45) is 0 Å². The molecule has 2 unspecified atom stereocenters. The van der Waals surface area contributed by atoms with Crippen LogP contribution in [-0.2, 0) is 14.3 Å². The molecule has 1 N–H and O–H groups in total. The predicted molar refractivity (Wildman–Crippen MR) is 77.5 cm³/mol. The first-order chi connectivity index (χ1) is 10.1. The van der Waals surface area contributed by atoms with Crippen molar-refractivity contribution in [3.05, 3.63) is 35.9 Å². The Kier molecular flexibility index (Phi) is 3.68. The van der Waals surface area contributed by atoms with E-state index < -0.39 is 12.1 Å². The lowest BCUT2D eigenvalue weighted by Gasteiger charge is -2.48. The van der Waals surface area contributed by atoms with E-state index in [4.69, 9.17) is 4.74 Å². The molecule has 5 nitrogen and oxygen atoms in total. The van der Waals surface area contributed by atoms with Crippen LogP contribution in [0.4, 0.5) is 0 Å². The van der Waals surface area contributed by atoms with Crippen molar-refractivity contribution >= 4 is 11.8 Å². The van der Waals surface area contributed by atoms with Crippen molar-refractivity contribution in [2.75, 3.05) is 7.11 Å². The Bertz CT molecular complexity index is 540. The number of piperazine rings is 1. The van der Waals surface area contributed by atoms with E-state index in [1.165, 1.54) is 0 Å². The lowest BCUT2D eigenvalue weighted by molar-refractivity contribution is -0.157. The lowest BCUT2D eigenvalue weighted by atomic mass is 9.85. The zero-order valence-electron chi connectivity index (χ0n) is 12.3. The highest BCUT2D eigenvalue weighted by atomic mass is 16.5. The maximum absolute atomic E-state index is 12.8. The van der Waals surface area contributed by atoms with E-state index in [0.717, 1.165) is 18.4 Å². The quantitative estimate of drug-likeness (QED) is 0.910. The lowest BCUT2D eigenvalue weighted by Crippen LogP contribution is -2.64. The smallest absolute Gasteiger partial charge is 0.250 e. The predicted octanol–water partition coefficient (Wildman–Crippen LogP) is 1.25. The molecule has 21 heavy (non-hydrogen) atoms. The number of rotatable bonds is 3. The molecule has 2 aliphatic rings. The van der Waals surface area contributed by atoms with Crippen LogP contribution in [0.25, 0.3) is 0 Å². The van der Waals surface area contributed by atoms with Crippen LogP contribution in [0.5, 0.6) is 0 Å². The van der Waals surface area contributed by atoms with Crippen molar-refractivity contribution in [1.29, 1.82) is 0 Å². The Hall–Kier alpha value is -1.88. The van der Waals surface area contributed by atoms with Crippen LogP contribution >= 0.6 is 0 Å². The number of carbonyl (C=O) groups is 2. The summed E-state index contributed by atoms with van der Waals surface area (Å²) in [5.41, 5.74) is 0.829. The number of nitrogens with zero attached hydrogens (tertiary/aromatic N) is 1. The highest BCUT2D eigenvalue weighted by molar-refractivity contribution is 5.97. The van der Waals surface area contributed by atoms with Crippen molar-refractivity contribution < 1.29 is 14.3 Å². The molecule has 2 atom stereocenters. The minimum atomic E-state index is -0.573. The molecule has 112 valence electrons. The van der Waals surface area contributed by atoms with Gasteiger partial charge in [0.1, 0.15) is 12.1 Å². The number of ether oxygens (including phenoxy) is 1. The van der Waals surface area contributed by atoms with Gasteiger partial charge in [0.2, 0.25) is 5.91 Å². The Morgan fingerprint density at radius 3 is 2.48 bits per heavy atom. The third kappa shape index (κ3) is 2.42. The minimum absolute atomic E-state index is 0.0205. The van der Waals surface area contributed by atoms with Crippen molar-refractivity contribution in [3.8, 4) is 0 Å². The Labute approximate surface area is 124 Å². The summed E-state index contributed by atoms with van der Waals surface area (Å²) in [5.74, 6) is -0.114. The van der Waals surface area contributed by atoms with Gasteiger partial charge in [0.05, 0.1) is 6.10 Å². The van der Waals surface area contributed by atoms with Gasteiger partial charge in [-0.2, -0.15) is 0 Å². The number of benzene rings is 1. The third-order valence-corrected chi connectivity index (χ3v) is 4.51. The first kappa shape index (κ1) is 14.1. The fourth-order valence-electron chi connectivity index (χ4n) is 3.12. The molecular formula is C16H20N2O3. The van der Waals surface area contributed by atoms with Gasteiger partial charge in [0.25, 0.3) is 5.91 Å². The molecule has 1 aliphatic heterocycles. The molecule has 0 radical (unpaired) electrons. The minimum Gasteiger partial charge on any atom is -0.381 e. The Morgan fingerprint density at radius 2 is 1.86 bits per heavy atom. The maximum atomic E-state index is 12.8. The maximum Gasteiger partial charge on any atom is 0.250 e. The van der Waals surface area contributed by atoms with E-state index in [-0.39, 0.29) is 24.0 Å². The van der Waals surface area contributed by atoms with Crippen LogP contribution in [-0.4, -0.2) is 42.0 Å². The average Bonchev–Trinajstić information content (AvgIpc) is 2.46. The summed E-state index contributed by atoms with van der Waals surface area (Å²) in [5, 5.41) is 2.83. The van der Waals surface area contributed by atoms with Gasteiger partial charge in [0.15, 0.2) is 0 Å². The van der Waals surface area contributed by atoms with Gasteiger partial charge in [-0.3, -0.25) is 9.59 Å². The summed E-state index contributed by atoms with van der Waals surface area (Å²) in [6, 6.07) is 8.51.